The van der Waals surface area contributed by atoms with Gasteiger partial charge in [0.05, 0.1) is 23.2 Å². The van der Waals surface area contributed by atoms with Crippen LogP contribution in [0, 0.1) is 0 Å². The lowest BCUT2D eigenvalue weighted by molar-refractivity contribution is 0.0952. The number of hydrogen-bond acceptors (Lipinski definition) is 6. The lowest BCUT2D eigenvalue weighted by Crippen LogP contribution is -2.34. The van der Waals surface area contributed by atoms with Crippen LogP contribution in [0.25, 0.3) is 10.4 Å². The third-order valence-corrected chi connectivity index (χ3v) is 8.63. The zero-order valence-electron chi connectivity index (χ0n) is 22.9. The molecular weight excluding hydrogens is 520 g/mol. The Kier molecular flexibility index (Phi) is 6.80. The third kappa shape index (κ3) is 5.07. The van der Waals surface area contributed by atoms with Crippen molar-refractivity contribution in [1.29, 1.82) is 0 Å². The van der Waals surface area contributed by atoms with E-state index in [-0.39, 0.29) is 11.8 Å². The number of anilines is 2. The second-order valence-electron chi connectivity index (χ2n) is 10.8. The minimum absolute atomic E-state index is 0.00412. The van der Waals surface area contributed by atoms with E-state index in [2.05, 4.69) is 24.5 Å². The standard InChI is InChI=1S/C32H32N4O3S/c1-32(2,23-10-5-7-13-26(23)39-3)35-28-14-8-11-24(34-28)31(38)36-18-17-20-19-27(30(37)33-21-15-16-21)40-29(20)22-9-4-6-12-25(22)36/h4-14,19,21H,15-18H2,1-3H3,(H,33,37)(H,34,35). The van der Waals surface area contributed by atoms with E-state index in [1.807, 2.05) is 71.6 Å². The summed E-state index contributed by atoms with van der Waals surface area (Å²) < 4.78 is 5.57. The molecule has 0 saturated heterocycles. The molecule has 0 bridgehead atoms. The van der Waals surface area contributed by atoms with Gasteiger partial charge in [-0.15, -0.1) is 11.3 Å². The van der Waals surface area contributed by atoms with Crippen molar-refractivity contribution in [1.82, 2.24) is 10.3 Å². The van der Waals surface area contributed by atoms with Gasteiger partial charge in [-0.2, -0.15) is 0 Å². The molecule has 1 aliphatic heterocycles. The van der Waals surface area contributed by atoms with E-state index in [1.165, 1.54) is 11.3 Å². The average Bonchev–Trinajstić information content (AvgIpc) is 3.71. The summed E-state index contributed by atoms with van der Waals surface area (Å²) >= 11 is 1.50. The number of carbonyl (C=O) groups excluding carboxylic acids is 2. The molecule has 1 fully saturated rings. The van der Waals surface area contributed by atoms with Crippen LogP contribution >= 0.6 is 11.3 Å². The molecule has 40 heavy (non-hydrogen) atoms. The maximum Gasteiger partial charge on any atom is 0.276 e. The Balaban J connectivity index is 1.27. The van der Waals surface area contributed by atoms with Gasteiger partial charge in [0, 0.05) is 28.6 Å². The van der Waals surface area contributed by atoms with Crippen molar-refractivity contribution in [3.8, 4) is 16.2 Å². The number of para-hydroxylation sites is 2. The van der Waals surface area contributed by atoms with Crippen LogP contribution in [0.4, 0.5) is 11.5 Å². The van der Waals surface area contributed by atoms with Gasteiger partial charge in [-0.1, -0.05) is 42.5 Å². The van der Waals surface area contributed by atoms with Gasteiger partial charge < -0.3 is 20.3 Å². The summed E-state index contributed by atoms with van der Waals surface area (Å²) in [5.74, 6) is 1.23. The fourth-order valence-corrected chi connectivity index (χ4v) is 6.36. The van der Waals surface area contributed by atoms with Crippen LogP contribution in [-0.4, -0.2) is 36.5 Å². The molecular formula is C32H32N4O3S. The molecule has 1 saturated carbocycles. The minimum Gasteiger partial charge on any atom is -0.496 e. The van der Waals surface area contributed by atoms with Gasteiger partial charge in [0.2, 0.25) is 0 Å². The number of methoxy groups -OCH3 is 1. The summed E-state index contributed by atoms with van der Waals surface area (Å²) in [7, 11) is 1.66. The van der Waals surface area contributed by atoms with Gasteiger partial charge in [-0.3, -0.25) is 9.59 Å². The van der Waals surface area contributed by atoms with Crippen LogP contribution in [-0.2, 0) is 12.0 Å². The summed E-state index contributed by atoms with van der Waals surface area (Å²) in [6.07, 6.45) is 2.76. The molecule has 204 valence electrons. The number of hydrogen-bond donors (Lipinski definition) is 2. The van der Waals surface area contributed by atoms with Gasteiger partial charge in [0.1, 0.15) is 17.3 Å². The molecule has 6 rings (SSSR count). The molecule has 2 aromatic heterocycles. The van der Waals surface area contributed by atoms with Crippen molar-refractivity contribution < 1.29 is 14.3 Å². The predicted octanol–water partition coefficient (Wildman–Crippen LogP) is 6.26. The van der Waals surface area contributed by atoms with Crippen molar-refractivity contribution in [3.63, 3.8) is 0 Å². The van der Waals surface area contributed by atoms with E-state index in [4.69, 9.17) is 9.72 Å². The number of nitrogens with zero attached hydrogens (tertiary/aromatic N) is 2. The zero-order valence-corrected chi connectivity index (χ0v) is 23.7. The van der Waals surface area contributed by atoms with Crippen LogP contribution in [0.5, 0.6) is 5.75 Å². The first-order chi connectivity index (χ1) is 19.3. The van der Waals surface area contributed by atoms with E-state index in [9.17, 15) is 9.59 Å². The number of aromatic nitrogens is 1. The van der Waals surface area contributed by atoms with E-state index in [1.54, 1.807) is 13.2 Å². The normalized spacial score (nSPS) is 14.5. The van der Waals surface area contributed by atoms with Crippen LogP contribution in [0.3, 0.4) is 0 Å². The van der Waals surface area contributed by atoms with Crippen molar-refractivity contribution in [2.45, 2.75) is 44.7 Å². The number of fused-ring (bicyclic) bond motifs is 3. The molecule has 0 radical (unpaired) electrons. The van der Waals surface area contributed by atoms with Gasteiger partial charge in [0.15, 0.2) is 0 Å². The second-order valence-corrected chi connectivity index (χ2v) is 11.8. The molecule has 2 aromatic carbocycles. The van der Waals surface area contributed by atoms with E-state index in [0.717, 1.165) is 50.7 Å². The first-order valence-corrected chi connectivity index (χ1v) is 14.4. The molecule has 4 aromatic rings. The predicted molar refractivity (Wildman–Crippen MR) is 160 cm³/mol. The molecule has 2 amide bonds. The lowest BCUT2D eigenvalue weighted by atomic mass is 9.93. The maximum absolute atomic E-state index is 13.9. The summed E-state index contributed by atoms with van der Waals surface area (Å²) in [5.41, 5.74) is 3.76. The Bertz CT molecular complexity index is 1590. The largest absolute Gasteiger partial charge is 0.496 e. The molecule has 3 heterocycles. The average molecular weight is 553 g/mol. The highest BCUT2D eigenvalue weighted by atomic mass is 32.1. The maximum atomic E-state index is 13.9. The molecule has 1 aliphatic carbocycles. The van der Waals surface area contributed by atoms with E-state index >= 15 is 0 Å². The molecule has 0 atom stereocenters. The summed E-state index contributed by atoms with van der Waals surface area (Å²) in [6.45, 7) is 4.61. The number of pyridine rings is 1. The van der Waals surface area contributed by atoms with Gasteiger partial charge in [0.25, 0.3) is 11.8 Å². The Morgan fingerprint density at radius 1 is 1.02 bits per heavy atom. The highest BCUT2D eigenvalue weighted by molar-refractivity contribution is 7.17. The third-order valence-electron chi connectivity index (χ3n) is 7.42. The number of amides is 2. The topological polar surface area (TPSA) is 83.6 Å². The van der Waals surface area contributed by atoms with Crippen molar-refractivity contribution in [3.05, 3.63) is 94.5 Å². The Morgan fingerprint density at radius 3 is 2.60 bits per heavy atom. The summed E-state index contributed by atoms with van der Waals surface area (Å²) in [5, 5.41) is 6.58. The Labute approximate surface area is 238 Å². The van der Waals surface area contributed by atoms with E-state index in [0.29, 0.717) is 30.5 Å². The monoisotopic (exact) mass is 552 g/mol. The number of benzene rings is 2. The number of carbonyl (C=O) groups is 2. The minimum atomic E-state index is -0.492. The molecule has 2 aliphatic rings. The fraction of sp³-hybridized carbons (Fsp3) is 0.281. The van der Waals surface area contributed by atoms with Gasteiger partial charge >= 0.3 is 0 Å². The Morgan fingerprint density at radius 2 is 1.80 bits per heavy atom. The molecule has 7 nitrogen and oxygen atoms in total. The molecule has 0 unspecified atom stereocenters. The molecule has 8 heteroatoms. The smallest absolute Gasteiger partial charge is 0.276 e. The zero-order chi connectivity index (χ0) is 27.9. The van der Waals surface area contributed by atoms with Crippen LogP contribution in [0.15, 0.2) is 72.8 Å². The molecule has 0 spiro atoms. The number of ether oxygens (including phenoxy) is 1. The van der Waals surface area contributed by atoms with Crippen LogP contribution in [0.1, 0.15) is 58.0 Å². The van der Waals surface area contributed by atoms with Crippen LogP contribution < -0.4 is 20.3 Å². The first-order valence-electron chi connectivity index (χ1n) is 13.6. The summed E-state index contributed by atoms with van der Waals surface area (Å²) in [6, 6.07) is 23.6. The fourth-order valence-electron chi connectivity index (χ4n) is 5.21. The highest BCUT2D eigenvalue weighted by Gasteiger charge is 2.30. The first kappa shape index (κ1) is 26.1. The number of thiophene rings is 1. The number of nitrogens with one attached hydrogen (secondary N) is 2. The summed E-state index contributed by atoms with van der Waals surface area (Å²) in [4.78, 5) is 35.0. The van der Waals surface area contributed by atoms with Crippen molar-refractivity contribution in [2.75, 3.05) is 23.9 Å². The van der Waals surface area contributed by atoms with E-state index < -0.39 is 5.54 Å². The SMILES string of the molecule is COc1ccccc1C(C)(C)Nc1cccc(C(=O)N2CCc3cc(C(=O)NC4CC4)sc3-c3ccccc32)n1. The second kappa shape index (κ2) is 10.4. The Hall–Kier alpha value is -4.17. The number of rotatable bonds is 7. The highest BCUT2D eigenvalue weighted by Crippen LogP contribution is 2.42. The van der Waals surface area contributed by atoms with Gasteiger partial charge in [-0.25, -0.2) is 4.98 Å². The quantitative estimate of drug-likeness (QED) is 0.283. The molecule has 2 N–H and O–H groups in total. The van der Waals surface area contributed by atoms with Crippen LogP contribution in [0.2, 0.25) is 0 Å². The van der Waals surface area contributed by atoms with Gasteiger partial charge in [-0.05, 0) is 69.0 Å². The lowest BCUT2D eigenvalue weighted by Gasteiger charge is -2.29. The van der Waals surface area contributed by atoms with Crippen molar-refractivity contribution >= 4 is 34.7 Å². The van der Waals surface area contributed by atoms with Crippen molar-refractivity contribution in [2.24, 2.45) is 0 Å².